The van der Waals surface area contributed by atoms with Gasteiger partial charge in [0.05, 0.1) is 0 Å². The van der Waals surface area contributed by atoms with Crippen LogP contribution in [0.15, 0.2) is 0 Å². The molecular formula is C3H6BNO. The zero-order valence-electron chi connectivity index (χ0n) is 3.68. The van der Waals surface area contributed by atoms with Gasteiger partial charge in [-0.2, -0.15) is 0 Å². The maximum atomic E-state index is 7.57. The van der Waals surface area contributed by atoms with Crippen molar-refractivity contribution in [1.82, 2.24) is 0 Å². The lowest BCUT2D eigenvalue weighted by atomic mass is 10.2. The summed E-state index contributed by atoms with van der Waals surface area (Å²) < 4.78 is 0. The SMILES string of the molecule is CCO.[B]C#N. The van der Waals surface area contributed by atoms with Crippen molar-refractivity contribution in [3.05, 3.63) is 0 Å². The predicted molar refractivity (Wildman–Crippen MR) is 24.1 cm³/mol. The zero-order chi connectivity index (χ0) is 5.41. The Morgan fingerprint density at radius 1 is 2.00 bits per heavy atom. The highest BCUT2D eigenvalue weighted by Crippen LogP contribution is 1.30. The highest BCUT2D eigenvalue weighted by molar-refractivity contribution is 6.20. The molecule has 0 rings (SSSR count). The highest BCUT2D eigenvalue weighted by Gasteiger charge is 1.34. The summed E-state index contributed by atoms with van der Waals surface area (Å²) in [6, 6.07) is 0. The molecule has 0 saturated heterocycles. The lowest BCUT2D eigenvalue weighted by Crippen LogP contribution is -1.57. The quantitative estimate of drug-likeness (QED) is 0.406. The third kappa shape index (κ3) is 94.5. The Kier molecular flexibility index (Phi) is 36.9. The van der Waals surface area contributed by atoms with Gasteiger partial charge in [0.15, 0.2) is 0 Å². The van der Waals surface area contributed by atoms with Gasteiger partial charge in [-0.3, -0.25) is 0 Å². The van der Waals surface area contributed by atoms with Gasteiger partial charge in [0, 0.05) is 6.61 Å². The van der Waals surface area contributed by atoms with Gasteiger partial charge >= 0.3 is 0 Å². The fourth-order valence-corrected chi connectivity index (χ4v) is 0. The van der Waals surface area contributed by atoms with Crippen LogP contribution in [0.3, 0.4) is 0 Å². The van der Waals surface area contributed by atoms with Crippen LogP contribution in [-0.2, 0) is 0 Å². The number of aliphatic hydroxyl groups excluding tert-OH is 1. The molecule has 6 heavy (non-hydrogen) atoms. The Labute approximate surface area is 38.8 Å². The van der Waals surface area contributed by atoms with E-state index in [4.69, 9.17) is 10.4 Å². The molecule has 0 heterocycles. The Balaban J connectivity index is 0. The van der Waals surface area contributed by atoms with E-state index in [0.717, 1.165) is 0 Å². The van der Waals surface area contributed by atoms with Crippen molar-refractivity contribution in [2.45, 2.75) is 6.92 Å². The first-order chi connectivity index (χ1) is 2.83. The second-order valence-corrected chi connectivity index (χ2v) is 0.445. The monoisotopic (exact) mass is 83.1 g/mol. The van der Waals surface area contributed by atoms with Crippen molar-refractivity contribution < 1.29 is 5.11 Å². The van der Waals surface area contributed by atoms with E-state index in [1.165, 1.54) is 5.97 Å². The molecule has 2 nitrogen and oxygen atoms in total. The number of nitrogens with zero attached hydrogens (tertiary/aromatic N) is 1. The third-order valence-electron chi connectivity index (χ3n) is 0. The van der Waals surface area contributed by atoms with Crippen LogP contribution in [0.4, 0.5) is 0 Å². The molecule has 32 valence electrons. The maximum Gasteiger partial charge on any atom is 0.229 e. The Morgan fingerprint density at radius 3 is 2.00 bits per heavy atom. The molecule has 0 aromatic heterocycles. The number of hydrogen-bond donors (Lipinski definition) is 1. The smallest absolute Gasteiger partial charge is 0.229 e. The molecule has 0 saturated carbocycles. The van der Waals surface area contributed by atoms with E-state index in [0.29, 0.717) is 0 Å². The van der Waals surface area contributed by atoms with Crippen LogP contribution in [0.25, 0.3) is 0 Å². The topological polar surface area (TPSA) is 44.0 Å². The van der Waals surface area contributed by atoms with Gasteiger partial charge in [0.25, 0.3) is 0 Å². The Bertz CT molecular complexity index is 40.5. The van der Waals surface area contributed by atoms with Gasteiger partial charge in [-0.05, 0) is 12.9 Å². The van der Waals surface area contributed by atoms with Crippen LogP contribution in [0, 0.1) is 11.2 Å². The minimum atomic E-state index is 0.250. The van der Waals surface area contributed by atoms with E-state index in [1.807, 2.05) is 0 Å². The number of nitriles is 1. The van der Waals surface area contributed by atoms with Gasteiger partial charge < -0.3 is 5.11 Å². The lowest BCUT2D eigenvalue weighted by Gasteiger charge is -1.52. The first-order valence-electron chi connectivity index (χ1n) is 1.54. The largest absolute Gasteiger partial charge is 0.397 e. The van der Waals surface area contributed by atoms with Gasteiger partial charge in [0.2, 0.25) is 7.85 Å². The van der Waals surface area contributed by atoms with Crippen LogP contribution in [-0.4, -0.2) is 19.6 Å². The van der Waals surface area contributed by atoms with Crippen molar-refractivity contribution >= 4 is 7.85 Å². The molecule has 0 aliphatic rings. The van der Waals surface area contributed by atoms with Crippen molar-refractivity contribution in [3.8, 4) is 5.97 Å². The van der Waals surface area contributed by atoms with Crippen LogP contribution < -0.4 is 0 Å². The zero-order valence-corrected chi connectivity index (χ0v) is 3.68. The molecule has 0 aliphatic heterocycles. The van der Waals surface area contributed by atoms with Crippen LogP contribution in [0.5, 0.6) is 0 Å². The summed E-state index contributed by atoms with van der Waals surface area (Å²) in [4.78, 5) is 0. The fraction of sp³-hybridized carbons (Fsp3) is 0.667. The lowest BCUT2D eigenvalue weighted by molar-refractivity contribution is 0.318. The number of hydrogen-bond acceptors (Lipinski definition) is 2. The second-order valence-electron chi connectivity index (χ2n) is 0.445. The molecular weight excluding hydrogens is 76.9 g/mol. The van der Waals surface area contributed by atoms with Crippen molar-refractivity contribution in [2.75, 3.05) is 6.61 Å². The van der Waals surface area contributed by atoms with Crippen molar-refractivity contribution in [3.63, 3.8) is 0 Å². The van der Waals surface area contributed by atoms with E-state index in [2.05, 4.69) is 7.85 Å². The Hall–Kier alpha value is -0.485. The summed E-state index contributed by atoms with van der Waals surface area (Å²) in [7, 11) is 4.15. The molecule has 0 spiro atoms. The van der Waals surface area contributed by atoms with Gasteiger partial charge in [0.1, 0.15) is 0 Å². The van der Waals surface area contributed by atoms with Crippen molar-refractivity contribution in [2.24, 2.45) is 0 Å². The second kappa shape index (κ2) is 24.3. The minimum Gasteiger partial charge on any atom is -0.397 e. The predicted octanol–water partition coefficient (Wildman–Crippen LogP) is -0.365. The standard InChI is InChI=1S/C2H6O.CBN/c1-2-3;2-1-3/h3H,2H2,1H3;. The van der Waals surface area contributed by atoms with E-state index in [9.17, 15) is 0 Å². The third-order valence-corrected chi connectivity index (χ3v) is 0. The number of aliphatic hydroxyl groups is 1. The van der Waals surface area contributed by atoms with Crippen LogP contribution in [0.2, 0.25) is 0 Å². The molecule has 0 aromatic carbocycles. The highest BCUT2D eigenvalue weighted by atomic mass is 16.2. The summed E-state index contributed by atoms with van der Waals surface area (Å²) in [6.45, 7) is 1.93. The Morgan fingerprint density at radius 2 is 2.00 bits per heavy atom. The van der Waals surface area contributed by atoms with E-state index >= 15 is 0 Å². The van der Waals surface area contributed by atoms with E-state index in [-0.39, 0.29) is 6.61 Å². The molecule has 0 aromatic rings. The van der Waals surface area contributed by atoms with Gasteiger partial charge in [-0.25, -0.2) is 5.26 Å². The first kappa shape index (κ1) is 9.10. The first-order valence-corrected chi connectivity index (χ1v) is 1.54. The van der Waals surface area contributed by atoms with E-state index < -0.39 is 0 Å². The average Bonchev–Trinajstić information content (AvgIpc) is 1.39. The summed E-state index contributed by atoms with van der Waals surface area (Å²) >= 11 is 0. The molecule has 1 N–H and O–H groups in total. The number of rotatable bonds is 0. The average molecular weight is 82.9 g/mol. The summed E-state index contributed by atoms with van der Waals surface area (Å²) in [5.41, 5.74) is 0. The molecule has 3 heteroatoms. The molecule has 0 amide bonds. The van der Waals surface area contributed by atoms with Crippen molar-refractivity contribution in [1.29, 1.82) is 5.26 Å². The summed E-state index contributed by atoms with van der Waals surface area (Å²) in [5.74, 6) is 1.25. The maximum absolute atomic E-state index is 7.57. The minimum absolute atomic E-state index is 0.250. The van der Waals surface area contributed by atoms with Gasteiger partial charge in [-0.1, -0.05) is 0 Å². The molecule has 0 atom stereocenters. The molecule has 0 aliphatic carbocycles. The fourth-order valence-electron chi connectivity index (χ4n) is 0. The van der Waals surface area contributed by atoms with E-state index in [1.54, 1.807) is 6.92 Å². The van der Waals surface area contributed by atoms with Crippen LogP contribution >= 0.6 is 0 Å². The molecule has 0 bridgehead atoms. The summed E-state index contributed by atoms with van der Waals surface area (Å²) in [5, 5.41) is 14.7. The van der Waals surface area contributed by atoms with Gasteiger partial charge in [-0.15, -0.1) is 0 Å². The summed E-state index contributed by atoms with van der Waals surface area (Å²) in [6.07, 6.45) is 0. The molecule has 0 unspecified atom stereocenters. The molecule has 2 radical (unpaired) electrons. The molecule has 0 fully saturated rings. The normalized spacial score (nSPS) is 4.17. The van der Waals surface area contributed by atoms with Crippen LogP contribution in [0.1, 0.15) is 6.92 Å².